The van der Waals surface area contributed by atoms with Gasteiger partial charge >= 0.3 is 0 Å². The van der Waals surface area contributed by atoms with E-state index in [1.807, 2.05) is 48.5 Å². The first-order chi connectivity index (χ1) is 18.8. The summed E-state index contributed by atoms with van der Waals surface area (Å²) in [5.74, 6) is 0. The van der Waals surface area contributed by atoms with Gasteiger partial charge in [-0.1, -0.05) is 59.7 Å². The molecule has 5 N–H and O–H groups in total. The van der Waals surface area contributed by atoms with Crippen LogP contribution in [0.1, 0.15) is 22.3 Å². The monoisotopic (exact) mass is 534 g/mol. The first kappa shape index (κ1) is 28.0. The maximum Gasteiger partial charge on any atom is 0.292 e. The molecule has 0 aliphatic carbocycles. The molecule has 3 aromatic carbocycles. The fourth-order valence-electron chi connectivity index (χ4n) is 4.70. The van der Waals surface area contributed by atoms with Gasteiger partial charge in [0, 0.05) is 36.3 Å². The van der Waals surface area contributed by atoms with Crippen molar-refractivity contribution in [3.63, 3.8) is 0 Å². The van der Waals surface area contributed by atoms with Gasteiger partial charge in [-0.25, -0.2) is 0 Å². The second-order valence-electron chi connectivity index (χ2n) is 9.54. The molecule has 204 valence electrons. The number of anilines is 1. The molecule has 1 fully saturated rings. The van der Waals surface area contributed by atoms with Crippen LogP contribution in [0.15, 0.2) is 71.8 Å². The Hall–Kier alpha value is -4.03. The topological polar surface area (TPSA) is 188 Å². The van der Waals surface area contributed by atoms with E-state index < -0.39 is 29.3 Å². The standard InChI is InChI=1S/C27H30N6O6/c28-31-30-21-9-10-22(23(12-21)33(38)39)29-13-19-5-1-17(2-6-19)11-18-3-7-20(8-4-18)14-32-15-25(35)27(37)26(36)24(32)16-34/h1-10,12,24-27,29,34-37H,11,13-16H2/t24-,25+,26-,27-/m1/s1. The largest absolute Gasteiger partial charge is 0.395 e. The van der Waals surface area contributed by atoms with Gasteiger partial charge in [0.2, 0.25) is 0 Å². The molecule has 0 spiro atoms. The van der Waals surface area contributed by atoms with Crippen LogP contribution in [0.5, 0.6) is 0 Å². The van der Waals surface area contributed by atoms with Crippen molar-refractivity contribution in [2.75, 3.05) is 18.5 Å². The van der Waals surface area contributed by atoms with E-state index in [0.29, 0.717) is 25.2 Å². The molecule has 1 aliphatic heterocycles. The molecule has 0 saturated carbocycles. The van der Waals surface area contributed by atoms with E-state index in [2.05, 4.69) is 15.3 Å². The number of nitrogens with zero attached hydrogens (tertiary/aromatic N) is 5. The van der Waals surface area contributed by atoms with Crippen LogP contribution in [0.3, 0.4) is 0 Å². The Kier molecular flexibility index (Phi) is 9.10. The number of rotatable bonds is 10. The fraction of sp³-hybridized carbons (Fsp3) is 0.333. The van der Waals surface area contributed by atoms with Crippen LogP contribution in [0.2, 0.25) is 0 Å². The van der Waals surface area contributed by atoms with Crippen molar-refractivity contribution in [1.29, 1.82) is 0 Å². The summed E-state index contributed by atoms with van der Waals surface area (Å²) in [6, 6.07) is 19.4. The predicted octanol–water partition coefficient (Wildman–Crippen LogP) is 3.00. The Morgan fingerprint density at radius 2 is 1.59 bits per heavy atom. The summed E-state index contributed by atoms with van der Waals surface area (Å²) < 4.78 is 0. The van der Waals surface area contributed by atoms with Crippen LogP contribution in [0.25, 0.3) is 10.4 Å². The Morgan fingerprint density at radius 1 is 0.974 bits per heavy atom. The first-order valence-electron chi connectivity index (χ1n) is 12.4. The van der Waals surface area contributed by atoms with Gasteiger partial charge in [-0.2, -0.15) is 0 Å². The van der Waals surface area contributed by atoms with Crippen LogP contribution in [0, 0.1) is 10.1 Å². The fourth-order valence-corrected chi connectivity index (χ4v) is 4.70. The van der Waals surface area contributed by atoms with E-state index in [-0.39, 0.29) is 24.5 Å². The third-order valence-corrected chi connectivity index (χ3v) is 6.88. The van der Waals surface area contributed by atoms with Gasteiger partial charge in [0.25, 0.3) is 5.69 Å². The second kappa shape index (κ2) is 12.7. The number of nitrogens with one attached hydrogen (secondary N) is 1. The van der Waals surface area contributed by atoms with E-state index >= 15 is 0 Å². The Balaban J connectivity index is 1.34. The van der Waals surface area contributed by atoms with Crippen molar-refractivity contribution in [3.05, 3.63) is 110 Å². The quantitative estimate of drug-likeness (QED) is 0.0862. The highest BCUT2D eigenvalue weighted by molar-refractivity contribution is 5.66. The smallest absolute Gasteiger partial charge is 0.292 e. The number of nitro benzene ring substituents is 1. The molecule has 0 amide bonds. The highest BCUT2D eigenvalue weighted by atomic mass is 16.6. The zero-order valence-electron chi connectivity index (χ0n) is 21.0. The zero-order valence-corrected chi connectivity index (χ0v) is 21.0. The van der Waals surface area contributed by atoms with Gasteiger partial charge < -0.3 is 25.7 Å². The predicted molar refractivity (Wildman–Crippen MR) is 144 cm³/mol. The third-order valence-electron chi connectivity index (χ3n) is 6.88. The lowest BCUT2D eigenvalue weighted by Gasteiger charge is -2.43. The van der Waals surface area contributed by atoms with Gasteiger partial charge in [0.05, 0.1) is 23.7 Å². The van der Waals surface area contributed by atoms with Crippen molar-refractivity contribution in [2.24, 2.45) is 5.11 Å². The molecular formula is C27H30N6O6. The number of benzene rings is 3. The molecule has 4 rings (SSSR count). The number of aliphatic hydroxyl groups excluding tert-OH is 4. The summed E-state index contributed by atoms with van der Waals surface area (Å²) in [5.41, 5.74) is 13.0. The molecule has 39 heavy (non-hydrogen) atoms. The van der Waals surface area contributed by atoms with Crippen molar-refractivity contribution in [3.8, 4) is 0 Å². The summed E-state index contributed by atoms with van der Waals surface area (Å²) in [7, 11) is 0. The van der Waals surface area contributed by atoms with Crippen molar-refractivity contribution in [2.45, 2.75) is 43.9 Å². The Bertz CT molecular complexity index is 1330. The number of azide groups is 1. The second-order valence-corrected chi connectivity index (χ2v) is 9.54. The minimum Gasteiger partial charge on any atom is -0.395 e. The number of likely N-dealkylation sites (tertiary alicyclic amines) is 1. The summed E-state index contributed by atoms with van der Waals surface area (Å²) in [6.07, 6.45) is -2.89. The van der Waals surface area contributed by atoms with Gasteiger partial charge in [-0.15, -0.1) is 0 Å². The van der Waals surface area contributed by atoms with Gasteiger partial charge in [0.15, 0.2) is 0 Å². The molecule has 0 aromatic heterocycles. The number of hydrogen-bond donors (Lipinski definition) is 5. The van der Waals surface area contributed by atoms with E-state index in [1.165, 1.54) is 18.2 Å². The van der Waals surface area contributed by atoms with Gasteiger partial charge in [-0.3, -0.25) is 15.0 Å². The van der Waals surface area contributed by atoms with Crippen LogP contribution < -0.4 is 5.32 Å². The van der Waals surface area contributed by atoms with Gasteiger partial charge in [0.1, 0.15) is 17.9 Å². The molecule has 1 heterocycles. The zero-order chi connectivity index (χ0) is 27.9. The average molecular weight is 535 g/mol. The molecule has 0 bridgehead atoms. The summed E-state index contributed by atoms with van der Waals surface area (Å²) in [5, 5.41) is 57.6. The highest BCUT2D eigenvalue weighted by Crippen LogP contribution is 2.30. The van der Waals surface area contributed by atoms with Crippen molar-refractivity contribution in [1.82, 2.24) is 4.90 Å². The van der Waals surface area contributed by atoms with Crippen molar-refractivity contribution >= 4 is 17.1 Å². The number of nitro groups is 1. The Labute approximate surface area is 224 Å². The summed E-state index contributed by atoms with van der Waals surface area (Å²) >= 11 is 0. The van der Waals surface area contributed by atoms with Crippen LogP contribution in [0.4, 0.5) is 17.1 Å². The van der Waals surface area contributed by atoms with Crippen LogP contribution in [-0.4, -0.2) is 67.8 Å². The van der Waals surface area contributed by atoms with Crippen molar-refractivity contribution < 1.29 is 25.3 Å². The number of hydrogen-bond acceptors (Lipinski definition) is 9. The first-order valence-corrected chi connectivity index (χ1v) is 12.4. The lowest BCUT2D eigenvalue weighted by atomic mass is 9.93. The highest BCUT2D eigenvalue weighted by Gasteiger charge is 2.40. The minimum atomic E-state index is -1.28. The molecule has 3 aromatic rings. The number of aliphatic hydroxyl groups is 4. The van der Waals surface area contributed by atoms with E-state index in [4.69, 9.17) is 5.53 Å². The van der Waals surface area contributed by atoms with E-state index in [0.717, 1.165) is 22.3 Å². The maximum atomic E-state index is 11.4. The molecule has 12 nitrogen and oxygen atoms in total. The summed E-state index contributed by atoms with van der Waals surface area (Å²) in [6.45, 7) is 0.624. The lowest BCUT2D eigenvalue weighted by molar-refractivity contribution is -0.383. The number of β-amino-alcohol motifs (C(OH)–C–C–N with tert-alkyl or cyclic N) is 1. The molecule has 4 atom stereocenters. The maximum absolute atomic E-state index is 11.4. The SMILES string of the molecule is [N-]=[N+]=Nc1ccc(NCc2ccc(Cc3ccc(CN4C[C@H](O)[C@@H](O)[C@H](O)[C@H]4CO)cc3)cc2)c([N+](=O)[O-])c1. The summed E-state index contributed by atoms with van der Waals surface area (Å²) in [4.78, 5) is 15.3. The molecule has 0 unspecified atom stereocenters. The average Bonchev–Trinajstić information content (AvgIpc) is 2.93. The molecular weight excluding hydrogens is 504 g/mol. The van der Waals surface area contributed by atoms with E-state index in [9.17, 15) is 30.5 Å². The minimum absolute atomic E-state index is 0.154. The molecule has 0 radical (unpaired) electrons. The molecule has 12 heteroatoms. The van der Waals surface area contributed by atoms with E-state index in [1.54, 1.807) is 4.90 Å². The Morgan fingerprint density at radius 3 is 2.18 bits per heavy atom. The molecule has 1 aliphatic rings. The lowest BCUT2D eigenvalue weighted by Crippen LogP contribution is -2.62. The normalized spacial score (nSPS) is 21.2. The van der Waals surface area contributed by atoms with Crippen LogP contribution >= 0.6 is 0 Å². The number of piperidine rings is 1. The molecule has 1 saturated heterocycles. The van der Waals surface area contributed by atoms with Gasteiger partial charge in [-0.05, 0) is 40.3 Å². The third kappa shape index (κ3) is 6.89. The van der Waals surface area contributed by atoms with Crippen LogP contribution in [-0.2, 0) is 19.5 Å².